The second-order valence-corrected chi connectivity index (χ2v) is 15.9. The molecule has 8 rings (SSSR count). The zero-order valence-corrected chi connectivity index (χ0v) is 32.5. The van der Waals surface area contributed by atoms with Gasteiger partial charge in [-0.05, 0) is 89.5 Å². The molecule has 5 aromatic heterocycles. The van der Waals surface area contributed by atoms with Crippen LogP contribution in [-0.4, -0.2) is 94.7 Å². The molecule has 292 valence electrons. The van der Waals surface area contributed by atoms with Crippen LogP contribution >= 0.6 is 0 Å². The van der Waals surface area contributed by atoms with Crippen LogP contribution in [0.1, 0.15) is 88.5 Å². The standard InChI is InChI=1S/C41H46N14O2/c1-26(18-42)48-33-17-37(55-39-31(21-47-55)16-29(19-43)20-46-39)45-23-35(33)54-25-34(50-51-54)30-6-4-28(5-7-30)11-13-52-14-15-53(27(2)24-52)36-9-8-32(22-44-36)41(3)12-10-38(56)49-40(41)57/h8-9,16-17,20-23,25-28,30H,4-7,10-15,24H2,1-3H3,(H,45,48)(H,49,56,57)/t26-,27+,28?,30?,41?/m1/s1. The van der Waals surface area contributed by atoms with Gasteiger partial charge in [0.05, 0.1) is 47.0 Å². The van der Waals surface area contributed by atoms with E-state index in [0.29, 0.717) is 59.1 Å². The summed E-state index contributed by atoms with van der Waals surface area (Å²) < 4.78 is 3.34. The second kappa shape index (κ2) is 15.7. The van der Waals surface area contributed by atoms with Gasteiger partial charge in [0.25, 0.3) is 0 Å². The van der Waals surface area contributed by atoms with Crippen molar-refractivity contribution < 1.29 is 9.59 Å². The Morgan fingerprint density at radius 2 is 1.84 bits per heavy atom. The van der Waals surface area contributed by atoms with Crippen molar-refractivity contribution >= 4 is 34.4 Å². The number of fused-ring (bicyclic) bond motifs is 1. The molecule has 1 saturated carbocycles. The Morgan fingerprint density at radius 1 is 1.02 bits per heavy atom. The molecule has 2 amide bonds. The van der Waals surface area contributed by atoms with Gasteiger partial charge >= 0.3 is 0 Å². The number of nitrogens with one attached hydrogen (secondary N) is 2. The number of carbonyl (C=O) groups is 2. The molecule has 0 aromatic carbocycles. The number of piperazine rings is 1. The topological polar surface area (TPSA) is 199 Å². The third-order valence-corrected chi connectivity index (χ3v) is 12.1. The monoisotopic (exact) mass is 766 g/mol. The molecule has 16 nitrogen and oxygen atoms in total. The molecule has 5 aromatic rings. The lowest BCUT2D eigenvalue weighted by molar-refractivity contribution is -0.137. The third-order valence-electron chi connectivity index (χ3n) is 12.1. The predicted octanol–water partition coefficient (Wildman–Crippen LogP) is 4.56. The van der Waals surface area contributed by atoms with Crippen LogP contribution in [-0.2, 0) is 15.0 Å². The van der Waals surface area contributed by atoms with E-state index in [1.54, 1.807) is 40.9 Å². The van der Waals surface area contributed by atoms with E-state index in [1.807, 2.05) is 31.3 Å². The highest BCUT2D eigenvalue weighted by molar-refractivity contribution is 6.03. The van der Waals surface area contributed by atoms with Crippen molar-refractivity contribution in [2.24, 2.45) is 5.92 Å². The zero-order chi connectivity index (χ0) is 39.7. The molecular weight excluding hydrogens is 721 g/mol. The van der Waals surface area contributed by atoms with Gasteiger partial charge in [-0.15, -0.1) is 5.10 Å². The van der Waals surface area contributed by atoms with Crippen LogP contribution in [0.2, 0.25) is 0 Å². The van der Waals surface area contributed by atoms with Crippen molar-refractivity contribution in [1.29, 1.82) is 10.5 Å². The number of piperidine rings is 1. The fourth-order valence-electron chi connectivity index (χ4n) is 8.50. The first-order valence-corrected chi connectivity index (χ1v) is 19.7. The summed E-state index contributed by atoms with van der Waals surface area (Å²) in [6.07, 6.45) is 15.1. The quantitative estimate of drug-likeness (QED) is 0.188. The SMILES string of the molecule is C[C@H](C#N)Nc1cc(-n2ncc3cc(C#N)cnc32)ncc1-n1cc(C2CCC(CCN3CCN(c4ccc(C5(C)CCC(=O)NC5=O)cn4)[C@@H](C)C3)CC2)nn1. The van der Waals surface area contributed by atoms with Gasteiger partial charge < -0.3 is 10.2 Å². The molecule has 3 aliphatic rings. The molecule has 0 spiro atoms. The number of anilines is 2. The van der Waals surface area contributed by atoms with Gasteiger partial charge in [-0.25, -0.2) is 19.6 Å². The van der Waals surface area contributed by atoms with Gasteiger partial charge in [0.15, 0.2) is 11.5 Å². The largest absolute Gasteiger partial charge is 0.368 e. The summed E-state index contributed by atoms with van der Waals surface area (Å²) >= 11 is 0. The minimum absolute atomic E-state index is 0.213. The van der Waals surface area contributed by atoms with Gasteiger partial charge in [0, 0.05) is 61.9 Å². The number of rotatable bonds is 10. The molecule has 0 radical (unpaired) electrons. The van der Waals surface area contributed by atoms with E-state index in [2.05, 4.69) is 64.9 Å². The van der Waals surface area contributed by atoms with E-state index in [-0.39, 0.29) is 11.8 Å². The highest BCUT2D eigenvalue weighted by Crippen LogP contribution is 2.37. The van der Waals surface area contributed by atoms with Crippen LogP contribution in [0.4, 0.5) is 11.5 Å². The van der Waals surface area contributed by atoms with Gasteiger partial charge in [-0.1, -0.05) is 11.3 Å². The maximum atomic E-state index is 12.6. The van der Waals surface area contributed by atoms with Gasteiger partial charge in [-0.2, -0.15) is 20.3 Å². The molecule has 7 heterocycles. The van der Waals surface area contributed by atoms with Crippen LogP contribution in [0.5, 0.6) is 0 Å². The van der Waals surface area contributed by atoms with E-state index in [1.165, 1.54) is 12.6 Å². The molecule has 57 heavy (non-hydrogen) atoms. The summed E-state index contributed by atoms with van der Waals surface area (Å²) in [5.41, 5.74) is 3.43. The van der Waals surface area contributed by atoms with Gasteiger partial charge in [0.2, 0.25) is 11.8 Å². The van der Waals surface area contributed by atoms with Gasteiger partial charge in [0.1, 0.15) is 23.6 Å². The smallest absolute Gasteiger partial charge is 0.236 e. The van der Waals surface area contributed by atoms with Crippen molar-refractivity contribution in [2.75, 3.05) is 36.4 Å². The number of nitrogens with zero attached hydrogens (tertiary/aromatic N) is 12. The highest BCUT2D eigenvalue weighted by atomic mass is 16.2. The molecule has 1 aliphatic carbocycles. The van der Waals surface area contributed by atoms with E-state index >= 15 is 0 Å². The van der Waals surface area contributed by atoms with Crippen LogP contribution < -0.4 is 15.5 Å². The summed E-state index contributed by atoms with van der Waals surface area (Å²) in [7, 11) is 0. The minimum Gasteiger partial charge on any atom is -0.368 e. The van der Waals surface area contributed by atoms with Crippen LogP contribution in [0.25, 0.3) is 22.5 Å². The number of aromatic nitrogens is 8. The molecule has 3 fully saturated rings. The lowest BCUT2D eigenvalue weighted by Gasteiger charge is -2.41. The minimum atomic E-state index is -0.740. The Hall–Kier alpha value is -6.26. The number of nitriles is 2. The first-order chi connectivity index (χ1) is 27.6. The highest BCUT2D eigenvalue weighted by Gasteiger charge is 2.40. The summed E-state index contributed by atoms with van der Waals surface area (Å²) in [5.74, 6) is 1.98. The molecule has 2 saturated heterocycles. The molecule has 1 unspecified atom stereocenters. The van der Waals surface area contributed by atoms with Gasteiger partial charge in [-0.3, -0.25) is 19.8 Å². The Labute approximate surface area is 330 Å². The van der Waals surface area contributed by atoms with Crippen molar-refractivity contribution in [3.8, 4) is 23.6 Å². The third kappa shape index (κ3) is 7.65. The van der Waals surface area contributed by atoms with Crippen molar-refractivity contribution in [3.63, 3.8) is 0 Å². The molecule has 16 heteroatoms. The van der Waals surface area contributed by atoms with E-state index in [0.717, 1.165) is 74.3 Å². The number of pyridine rings is 3. The maximum Gasteiger partial charge on any atom is 0.236 e. The molecule has 0 bridgehead atoms. The summed E-state index contributed by atoms with van der Waals surface area (Å²) in [4.78, 5) is 43.1. The fourth-order valence-corrected chi connectivity index (χ4v) is 8.50. The van der Waals surface area contributed by atoms with Crippen LogP contribution in [0, 0.1) is 28.6 Å². The normalized spacial score (nSPS) is 23.5. The second-order valence-electron chi connectivity index (χ2n) is 15.9. The Bertz CT molecular complexity index is 2370. The number of carbonyl (C=O) groups excluding carboxylic acids is 2. The number of imide groups is 1. The van der Waals surface area contributed by atoms with Crippen LogP contribution in [0.15, 0.2) is 55.2 Å². The van der Waals surface area contributed by atoms with Crippen molar-refractivity contribution in [3.05, 3.63) is 72.1 Å². The predicted molar refractivity (Wildman–Crippen MR) is 212 cm³/mol. The molecular formula is C41H46N14O2. The van der Waals surface area contributed by atoms with E-state index in [4.69, 9.17) is 4.98 Å². The van der Waals surface area contributed by atoms with Crippen molar-refractivity contribution in [1.82, 2.24) is 49.9 Å². The molecule has 2 N–H and O–H groups in total. The lowest BCUT2D eigenvalue weighted by Crippen LogP contribution is -2.52. The number of hydrogen-bond acceptors (Lipinski definition) is 13. The average molecular weight is 767 g/mol. The van der Waals surface area contributed by atoms with E-state index in [9.17, 15) is 20.1 Å². The first-order valence-electron chi connectivity index (χ1n) is 19.7. The summed E-state index contributed by atoms with van der Waals surface area (Å²) in [6, 6.07) is 11.7. The number of amides is 2. The summed E-state index contributed by atoms with van der Waals surface area (Å²) in [5, 5.41) is 38.9. The lowest BCUT2D eigenvalue weighted by atomic mass is 9.76. The fraction of sp³-hybridized carbons (Fsp3) is 0.463. The molecule has 3 atom stereocenters. The Kier molecular flexibility index (Phi) is 10.4. The molecule has 2 aliphatic heterocycles. The van der Waals surface area contributed by atoms with Crippen LogP contribution in [0.3, 0.4) is 0 Å². The Balaban J connectivity index is 0.849. The average Bonchev–Trinajstić information content (AvgIpc) is 3.90. The first kappa shape index (κ1) is 37.7. The Morgan fingerprint density at radius 3 is 2.58 bits per heavy atom. The van der Waals surface area contributed by atoms with Crippen molar-refractivity contribution in [2.45, 2.75) is 89.1 Å². The zero-order valence-electron chi connectivity index (χ0n) is 32.5. The summed E-state index contributed by atoms with van der Waals surface area (Å²) in [6.45, 7) is 9.85. The number of hydrogen-bond donors (Lipinski definition) is 2. The van der Waals surface area contributed by atoms with E-state index < -0.39 is 11.5 Å². The maximum absolute atomic E-state index is 12.6.